The van der Waals surface area contributed by atoms with Gasteiger partial charge >= 0.3 is 12.0 Å². The van der Waals surface area contributed by atoms with Gasteiger partial charge in [-0.1, -0.05) is 56.0 Å². The first-order valence-corrected chi connectivity index (χ1v) is 8.49. The summed E-state index contributed by atoms with van der Waals surface area (Å²) in [6.07, 6.45) is 6.26. The van der Waals surface area contributed by atoms with Crippen molar-refractivity contribution in [1.82, 2.24) is 10.2 Å². The zero-order chi connectivity index (χ0) is 16.5. The Kier molecular flexibility index (Phi) is 6.91. The van der Waals surface area contributed by atoms with Crippen molar-refractivity contribution in [3.63, 3.8) is 0 Å². The van der Waals surface area contributed by atoms with E-state index in [-0.39, 0.29) is 18.5 Å². The van der Waals surface area contributed by atoms with Crippen molar-refractivity contribution in [3.05, 3.63) is 35.9 Å². The van der Waals surface area contributed by atoms with Crippen molar-refractivity contribution in [2.45, 2.75) is 51.0 Å². The Bertz CT molecular complexity index is 504. The fraction of sp³-hybridized carbons (Fsp3) is 0.556. The van der Waals surface area contributed by atoms with Crippen molar-refractivity contribution >= 4 is 12.0 Å². The summed E-state index contributed by atoms with van der Waals surface area (Å²) in [4.78, 5) is 24.3. The number of carboxylic acids is 1. The lowest BCUT2D eigenvalue weighted by molar-refractivity contribution is -0.137. The first-order valence-electron chi connectivity index (χ1n) is 8.49. The second-order valence-corrected chi connectivity index (χ2v) is 6.07. The Labute approximate surface area is 137 Å². The Morgan fingerprint density at radius 2 is 1.74 bits per heavy atom. The number of nitrogens with zero attached hydrogens (tertiary/aromatic N) is 1. The van der Waals surface area contributed by atoms with Crippen LogP contribution in [0.2, 0.25) is 0 Å². The molecular weight excluding hydrogens is 292 g/mol. The van der Waals surface area contributed by atoms with Crippen LogP contribution >= 0.6 is 0 Å². The summed E-state index contributed by atoms with van der Waals surface area (Å²) in [7, 11) is 0. The van der Waals surface area contributed by atoms with E-state index in [9.17, 15) is 9.59 Å². The molecular formula is C18H26N2O3. The Morgan fingerprint density at radius 1 is 1.09 bits per heavy atom. The maximum absolute atomic E-state index is 12.0. The number of carbonyl (C=O) groups excluding carboxylic acids is 1. The number of hydrogen-bond acceptors (Lipinski definition) is 2. The third-order valence-electron chi connectivity index (χ3n) is 4.31. The molecule has 1 unspecified atom stereocenters. The number of carbonyl (C=O) groups is 2. The molecule has 1 fully saturated rings. The molecule has 0 radical (unpaired) electrons. The Balaban J connectivity index is 1.66. The third-order valence-corrected chi connectivity index (χ3v) is 4.31. The monoisotopic (exact) mass is 318 g/mol. The second kappa shape index (κ2) is 9.18. The van der Waals surface area contributed by atoms with Crippen molar-refractivity contribution < 1.29 is 14.7 Å². The van der Waals surface area contributed by atoms with E-state index in [1.54, 1.807) is 0 Å². The normalized spacial score (nSPS) is 17.3. The van der Waals surface area contributed by atoms with E-state index in [0.717, 1.165) is 45.1 Å². The number of carboxylic acid groups (broad SMARTS) is 1. The molecule has 1 aliphatic rings. The standard InChI is InChI=1S/C18H26N2O3/c21-17(22)12-8-3-1-2-4-9-13-20-16(14-19-18(20)23)15-10-6-5-7-11-15/h5-7,10-11,16H,1-4,8-9,12-14H2,(H,19,23)(H,21,22). The SMILES string of the molecule is O=C(O)CCCCCCCCN1C(=O)NCC1c1ccccc1. The molecule has 0 saturated carbocycles. The van der Waals surface area contributed by atoms with E-state index in [1.165, 1.54) is 5.56 Å². The first-order chi connectivity index (χ1) is 11.2. The zero-order valence-corrected chi connectivity index (χ0v) is 13.5. The van der Waals surface area contributed by atoms with Gasteiger partial charge in [-0.3, -0.25) is 4.79 Å². The highest BCUT2D eigenvalue weighted by Crippen LogP contribution is 2.24. The Morgan fingerprint density at radius 3 is 2.43 bits per heavy atom. The molecule has 2 rings (SSSR count). The number of amides is 2. The minimum atomic E-state index is -0.711. The average Bonchev–Trinajstić information content (AvgIpc) is 2.91. The van der Waals surface area contributed by atoms with Crippen LogP contribution in [0.3, 0.4) is 0 Å². The van der Waals surface area contributed by atoms with E-state index in [0.29, 0.717) is 6.54 Å². The summed E-state index contributed by atoms with van der Waals surface area (Å²) in [5, 5.41) is 11.5. The van der Waals surface area contributed by atoms with Crippen LogP contribution < -0.4 is 5.32 Å². The lowest BCUT2D eigenvalue weighted by Crippen LogP contribution is -2.30. The highest BCUT2D eigenvalue weighted by atomic mass is 16.4. The van der Waals surface area contributed by atoms with Crippen LogP contribution in [-0.4, -0.2) is 35.1 Å². The molecule has 0 spiro atoms. The third kappa shape index (κ3) is 5.58. The number of nitrogens with one attached hydrogen (secondary N) is 1. The molecule has 1 aromatic carbocycles. The quantitative estimate of drug-likeness (QED) is 0.648. The summed E-state index contributed by atoms with van der Waals surface area (Å²) in [5.74, 6) is -0.711. The molecule has 0 bridgehead atoms. The van der Waals surface area contributed by atoms with Crippen molar-refractivity contribution in [3.8, 4) is 0 Å². The average molecular weight is 318 g/mol. The number of urea groups is 1. The van der Waals surface area contributed by atoms with E-state index in [2.05, 4.69) is 17.4 Å². The van der Waals surface area contributed by atoms with Gasteiger partial charge in [0.05, 0.1) is 6.04 Å². The summed E-state index contributed by atoms with van der Waals surface area (Å²) >= 11 is 0. The molecule has 1 aliphatic heterocycles. The topological polar surface area (TPSA) is 69.6 Å². The first kappa shape index (κ1) is 17.3. The lowest BCUT2D eigenvalue weighted by atomic mass is 10.1. The van der Waals surface area contributed by atoms with Gasteiger partial charge in [-0.2, -0.15) is 0 Å². The fourth-order valence-electron chi connectivity index (χ4n) is 3.03. The zero-order valence-electron chi connectivity index (χ0n) is 13.5. The molecule has 0 aromatic heterocycles. The minimum absolute atomic E-state index is 0.0281. The molecule has 5 nitrogen and oxygen atoms in total. The molecule has 2 amide bonds. The molecule has 1 atom stereocenters. The molecule has 5 heteroatoms. The number of hydrogen-bond donors (Lipinski definition) is 2. The number of rotatable bonds is 10. The largest absolute Gasteiger partial charge is 0.481 e. The maximum Gasteiger partial charge on any atom is 0.318 e. The molecule has 0 aliphatic carbocycles. The van der Waals surface area contributed by atoms with Crippen LogP contribution in [-0.2, 0) is 4.79 Å². The van der Waals surface area contributed by atoms with Crippen molar-refractivity contribution in [1.29, 1.82) is 0 Å². The van der Waals surface area contributed by atoms with Gasteiger partial charge in [0.1, 0.15) is 0 Å². The fourth-order valence-corrected chi connectivity index (χ4v) is 3.03. The highest BCUT2D eigenvalue weighted by molar-refractivity contribution is 5.77. The van der Waals surface area contributed by atoms with E-state index in [1.807, 2.05) is 23.1 Å². The number of benzene rings is 1. The summed E-state index contributed by atoms with van der Waals surface area (Å²) in [6, 6.07) is 10.3. The summed E-state index contributed by atoms with van der Waals surface area (Å²) < 4.78 is 0. The predicted octanol–water partition coefficient (Wildman–Crippen LogP) is 3.57. The van der Waals surface area contributed by atoms with Crippen LogP contribution in [0.15, 0.2) is 30.3 Å². The van der Waals surface area contributed by atoms with Crippen molar-refractivity contribution in [2.75, 3.05) is 13.1 Å². The summed E-state index contributed by atoms with van der Waals surface area (Å²) in [5.41, 5.74) is 1.18. The molecule has 2 N–H and O–H groups in total. The van der Waals surface area contributed by atoms with Crippen molar-refractivity contribution in [2.24, 2.45) is 0 Å². The molecule has 126 valence electrons. The van der Waals surface area contributed by atoms with Gasteiger partial charge in [0.15, 0.2) is 0 Å². The minimum Gasteiger partial charge on any atom is -0.481 e. The van der Waals surface area contributed by atoms with Gasteiger partial charge in [-0.05, 0) is 18.4 Å². The van der Waals surface area contributed by atoms with Gasteiger partial charge in [0, 0.05) is 19.5 Å². The van der Waals surface area contributed by atoms with Gasteiger partial charge < -0.3 is 15.3 Å². The molecule has 1 saturated heterocycles. The second-order valence-electron chi connectivity index (χ2n) is 6.07. The van der Waals surface area contributed by atoms with Crippen LogP contribution in [0.4, 0.5) is 4.79 Å². The van der Waals surface area contributed by atoms with Crippen LogP contribution in [0.5, 0.6) is 0 Å². The molecule has 23 heavy (non-hydrogen) atoms. The summed E-state index contributed by atoms with van der Waals surface area (Å²) in [6.45, 7) is 1.46. The maximum atomic E-state index is 12.0. The van der Waals surface area contributed by atoms with Gasteiger partial charge in [0.25, 0.3) is 0 Å². The smallest absolute Gasteiger partial charge is 0.318 e. The van der Waals surface area contributed by atoms with E-state index < -0.39 is 5.97 Å². The van der Waals surface area contributed by atoms with Crippen LogP contribution in [0.1, 0.15) is 56.6 Å². The number of unbranched alkanes of at least 4 members (excludes halogenated alkanes) is 5. The highest BCUT2D eigenvalue weighted by Gasteiger charge is 2.30. The van der Waals surface area contributed by atoms with E-state index >= 15 is 0 Å². The number of aliphatic carboxylic acids is 1. The van der Waals surface area contributed by atoms with Gasteiger partial charge in [-0.25, -0.2) is 4.79 Å². The predicted molar refractivity (Wildman–Crippen MR) is 89.2 cm³/mol. The lowest BCUT2D eigenvalue weighted by Gasteiger charge is -2.23. The molecule has 1 aromatic rings. The van der Waals surface area contributed by atoms with E-state index in [4.69, 9.17) is 5.11 Å². The van der Waals surface area contributed by atoms with Crippen LogP contribution in [0.25, 0.3) is 0 Å². The molecule has 1 heterocycles. The van der Waals surface area contributed by atoms with Gasteiger partial charge in [0.2, 0.25) is 0 Å². The van der Waals surface area contributed by atoms with Crippen LogP contribution in [0, 0.1) is 0 Å². The Hall–Kier alpha value is -2.04. The van der Waals surface area contributed by atoms with Gasteiger partial charge in [-0.15, -0.1) is 0 Å².